The van der Waals surface area contributed by atoms with Crippen LogP contribution in [0.25, 0.3) is 10.7 Å². The maximum atomic E-state index is 9.52. The van der Waals surface area contributed by atoms with Crippen molar-refractivity contribution >= 4 is 11.3 Å². The summed E-state index contributed by atoms with van der Waals surface area (Å²) < 4.78 is 4.88. The van der Waals surface area contributed by atoms with Crippen molar-refractivity contribution in [3.8, 4) is 10.7 Å². The standard InChI is InChI=1S/C14H19N3O2S/c1-19-10-11(18)5-7-15-8-12-9-17-14(20-12)13-4-2-3-6-16-13/h2-4,6,9,11,15,18H,5,7-8,10H2,1H3. The summed E-state index contributed by atoms with van der Waals surface area (Å²) >= 11 is 1.63. The first-order valence-corrected chi connectivity index (χ1v) is 7.35. The molecule has 0 bridgehead atoms. The van der Waals surface area contributed by atoms with Crippen LogP contribution in [0.1, 0.15) is 11.3 Å². The van der Waals surface area contributed by atoms with E-state index in [0.717, 1.165) is 28.7 Å². The number of aromatic nitrogens is 2. The lowest BCUT2D eigenvalue weighted by Crippen LogP contribution is -2.22. The van der Waals surface area contributed by atoms with Gasteiger partial charge in [0.25, 0.3) is 0 Å². The minimum atomic E-state index is -0.405. The van der Waals surface area contributed by atoms with Gasteiger partial charge in [-0.05, 0) is 25.1 Å². The molecule has 5 nitrogen and oxygen atoms in total. The molecule has 0 saturated carbocycles. The van der Waals surface area contributed by atoms with Crippen LogP contribution in [0.2, 0.25) is 0 Å². The fraction of sp³-hybridized carbons (Fsp3) is 0.429. The number of aliphatic hydroxyl groups is 1. The quantitative estimate of drug-likeness (QED) is 0.725. The van der Waals surface area contributed by atoms with E-state index in [1.807, 2.05) is 24.4 Å². The lowest BCUT2D eigenvalue weighted by atomic mass is 10.2. The minimum absolute atomic E-state index is 0.381. The summed E-state index contributed by atoms with van der Waals surface area (Å²) in [4.78, 5) is 9.82. The van der Waals surface area contributed by atoms with Gasteiger partial charge in [-0.2, -0.15) is 0 Å². The van der Waals surface area contributed by atoms with Crippen LogP contribution in [-0.4, -0.2) is 41.4 Å². The summed E-state index contributed by atoms with van der Waals surface area (Å²) in [6.45, 7) is 1.89. The number of nitrogens with zero attached hydrogens (tertiary/aromatic N) is 2. The van der Waals surface area contributed by atoms with Crippen LogP contribution in [0, 0.1) is 0 Å². The van der Waals surface area contributed by atoms with Crippen molar-refractivity contribution in [3.05, 3.63) is 35.5 Å². The zero-order chi connectivity index (χ0) is 14.2. The van der Waals surface area contributed by atoms with E-state index < -0.39 is 6.10 Å². The van der Waals surface area contributed by atoms with Crippen molar-refractivity contribution in [3.63, 3.8) is 0 Å². The van der Waals surface area contributed by atoms with Gasteiger partial charge in [-0.15, -0.1) is 11.3 Å². The molecule has 1 unspecified atom stereocenters. The third-order valence-electron chi connectivity index (χ3n) is 2.75. The Bertz CT molecular complexity index is 504. The Labute approximate surface area is 122 Å². The normalized spacial score (nSPS) is 12.5. The molecule has 0 aliphatic heterocycles. The number of hydrogen-bond acceptors (Lipinski definition) is 6. The Balaban J connectivity index is 1.76. The SMILES string of the molecule is COCC(O)CCNCc1cnc(-c2ccccn2)s1. The van der Waals surface area contributed by atoms with Crippen molar-refractivity contribution in [1.82, 2.24) is 15.3 Å². The number of ether oxygens (including phenoxy) is 1. The van der Waals surface area contributed by atoms with Crippen LogP contribution in [0.3, 0.4) is 0 Å². The van der Waals surface area contributed by atoms with E-state index in [1.54, 1.807) is 24.6 Å². The molecule has 0 radical (unpaired) electrons. The van der Waals surface area contributed by atoms with Crippen LogP contribution in [0.4, 0.5) is 0 Å². The topological polar surface area (TPSA) is 67.3 Å². The molecule has 2 rings (SSSR count). The highest BCUT2D eigenvalue weighted by molar-refractivity contribution is 7.14. The number of rotatable bonds is 8. The Kier molecular flexibility index (Phi) is 6.07. The molecule has 6 heteroatoms. The molecule has 2 aromatic heterocycles. The number of thiazole rings is 1. The second kappa shape index (κ2) is 8.06. The third kappa shape index (κ3) is 4.64. The summed E-state index contributed by atoms with van der Waals surface area (Å²) in [7, 11) is 1.59. The van der Waals surface area contributed by atoms with Gasteiger partial charge in [0.2, 0.25) is 0 Å². The molecule has 108 valence electrons. The van der Waals surface area contributed by atoms with E-state index in [-0.39, 0.29) is 0 Å². The van der Waals surface area contributed by atoms with Crippen molar-refractivity contribution in [2.45, 2.75) is 19.1 Å². The summed E-state index contributed by atoms with van der Waals surface area (Å²) in [5, 5.41) is 13.7. The molecule has 2 aromatic rings. The van der Waals surface area contributed by atoms with Gasteiger partial charge in [0.05, 0.1) is 18.4 Å². The van der Waals surface area contributed by atoms with Crippen LogP contribution in [-0.2, 0) is 11.3 Å². The largest absolute Gasteiger partial charge is 0.391 e. The van der Waals surface area contributed by atoms with Gasteiger partial charge in [0.1, 0.15) is 5.01 Å². The molecule has 0 saturated heterocycles. The van der Waals surface area contributed by atoms with Crippen molar-refractivity contribution in [2.75, 3.05) is 20.3 Å². The van der Waals surface area contributed by atoms with E-state index in [4.69, 9.17) is 4.74 Å². The van der Waals surface area contributed by atoms with E-state index >= 15 is 0 Å². The molecule has 0 fully saturated rings. The molecule has 20 heavy (non-hydrogen) atoms. The first-order chi connectivity index (χ1) is 9.79. The molecule has 0 aromatic carbocycles. The van der Waals surface area contributed by atoms with E-state index in [9.17, 15) is 5.11 Å². The van der Waals surface area contributed by atoms with Gasteiger partial charge in [-0.1, -0.05) is 6.07 Å². The second-order valence-corrected chi connectivity index (χ2v) is 5.54. The Morgan fingerprint density at radius 3 is 3.05 bits per heavy atom. The van der Waals surface area contributed by atoms with Crippen LogP contribution < -0.4 is 5.32 Å². The lowest BCUT2D eigenvalue weighted by molar-refractivity contribution is 0.0594. The van der Waals surface area contributed by atoms with E-state index in [1.165, 1.54) is 0 Å². The molecular formula is C14H19N3O2S. The smallest absolute Gasteiger partial charge is 0.142 e. The highest BCUT2D eigenvalue weighted by atomic mass is 32.1. The maximum Gasteiger partial charge on any atom is 0.142 e. The minimum Gasteiger partial charge on any atom is -0.391 e. The van der Waals surface area contributed by atoms with Crippen LogP contribution in [0.15, 0.2) is 30.6 Å². The van der Waals surface area contributed by atoms with Crippen LogP contribution >= 0.6 is 11.3 Å². The van der Waals surface area contributed by atoms with Gasteiger partial charge < -0.3 is 15.2 Å². The summed E-state index contributed by atoms with van der Waals surface area (Å²) in [5.41, 5.74) is 0.902. The van der Waals surface area contributed by atoms with Gasteiger partial charge in [0, 0.05) is 30.9 Å². The molecular weight excluding hydrogens is 274 g/mol. The fourth-order valence-electron chi connectivity index (χ4n) is 1.75. The number of pyridine rings is 1. The first-order valence-electron chi connectivity index (χ1n) is 6.53. The highest BCUT2D eigenvalue weighted by Gasteiger charge is 2.06. The molecule has 2 N–H and O–H groups in total. The first kappa shape index (κ1) is 15.1. The second-order valence-electron chi connectivity index (χ2n) is 4.42. The Morgan fingerprint density at radius 1 is 1.40 bits per heavy atom. The zero-order valence-corrected chi connectivity index (χ0v) is 12.3. The molecule has 0 amide bonds. The number of nitrogens with one attached hydrogen (secondary N) is 1. The number of methoxy groups -OCH3 is 1. The summed E-state index contributed by atoms with van der Waals surface area (Å²) in [6, 6.07) is 5.81. The predicted molar refractivity (Wildman–Crippen MR) is 79.6 cm³/mol. The van der Waals surface area contributed by atoms with Crippen molar-refractivity contribution in [1.29, 1.82) is 0 Å². The van der Waals surface area contributed by atoms with Gasteiger partial charge in [-0.3, -0.25) is 4.98 Å². The number of hydrogen-bond donors (Lipinski definition) is 2. The van der Waals surface area contributed by atoms with Crippen molar-refractivity contribution in [2.24, 2.45) is 0 Å². The molecule has 0 aliphatic rings. The summed E-state index contributed by atoms with van der Waals surface area (Å²) in [5.74, 6) is 0. The van der Waals surface area contributed by atoms with E-state index in [0.29, 0.717) is 13.0 Å². The average molecular weight is 293 g/mol. The molecule has 1 atom stereocenters. The van der Waals surface area contributed by atoms with E-state index in [2.05, 4.69) is 15.3 Å². The fourth-order valence-corrected chi connectivity index (χ4v) is 2.61. The third-order valence-corrected chi connectivity index (χ3v) is 3.77. The van der Waals surface area contributed by atoms with Gasteiger partial charge in [0.15, 0.2) is 0 Å². The Hall–Kier alpha value is -1.34. The Morgan fingerprint density at radius 2 is 2.30 bits per heavy atom. The molecule has 0 spiro atoms. The summed E-state index contributed by atoms with van der Waals surface area (Å²) in [6.07, 6.45) is 3.91. The molecule has 2 heterocycles. The average Bonchev–Trinajstić information content (AvgIpc) is 2.94. The monoisotopic (exact) mass is 293 g/mol. The predicted octanol–water partition coefficient (Wildman–Crippen LogP) is 1.69. The van der Waals surface area contributed by atoms with Crippen molar-refractivity contribution < 1.29 is 9.84 Å². The lowest BCUT2D eigenvalue weighted by Gasteiger charge is -2.09. The van der Waals surface area contributed by atoms with Crippen LogP contribution in [0.5, 0.6) is 0 Å². The zero-order valence-electron chi connectivity index (χ0n) is 11.5. The maximum absolute atomic E-state index is 9.52. The van der Waals surface area contributed by atoms with Gasteiger partial charge in [-0.25, -0.2) is 4.98 Å². The highest BCUT2D eigenvalue weighted by Crippen LogP contribution is 2.22. The molecule has 0 aliphatic carbocycles. The number of aliphatic hydroxyl groups excluding tert-OH is 1. The van der Waals surface area contributed by atoms with Gasteiger partial charge >= 0.3 is 0 Å².